The molecule has 0 radical (unpaired) electrons. The highest BCUT2D eigenvalue weighted by Crippen LogP contribution is 2.07. The van der Waals surface area contributed by atoms with Crippen molar-refractivity contribution >= 4 is 5.91 Å². The number of nitrogens with zero attached hydrogens (tertiary/aromatic N) is 1. The summed E-state index contributed by atoms with van der Waals surface area (Å²) < 4.78 is 0. The highest BCUT2D eigenvalue weighted by Gasteiger charge is 2.25. The van der Waals surface area contributed by atoms with Crippen molar-refractivity contribution in [2.24, 2.45) is 0 Å². The van der Waals surface area contributed by atoms with Crippen molar-refractivity contribution in [3.8, 4) is 0 Å². The van der Waals surface area contributed by atoms with Gasteiger partial charge in [0, 0.05) is 6.54 Å². The fraction of sp³-hybridized carbons (Fsp3) is 0.900. The molecule has 1 N–H and O–H groups in total. The minimum absolute atomic E-state index is 0.245. The van der Waals surface area contributed by atoms with Gasteiger partial charge in [-0.2, -0.15) is 0 Å². The smallest absolute Gasteiger partial charge is 0.237 e. The summed E-state index contributed by atoms with van der Waals surface area (Å²) >= 11 is 0. The van der Waals surface area contributed by atoms with Gasteiger partial charge in [0.15, 0.2) is 0 Å². The van der Waals surface area contributed by atoms with Crippen LogP contribution >= 0.6 is 0 Å². The van der Waals surface area contributed by atoms with E-state index in [9.17, 15) is 4.79 Å². The number of carbonyl (C=O) groups excluding carboxylic acids is 1. The van der Waals surface area contributed by atoms with Crippen LogP contribution in [-0.2, 0) is 4.79 Å². The summed E-state index contributed by atoms with van der Waals surface area (Å²) in [7, 11) is 0. The quantitative estimate of drug-likeness (QED) is 0.654. The van der Waals surface area contributed by atoms with Crippen molar-refractivity contribution in [2.45, 2.75) is 45.7 Å². The molecule has 1 saturated heterocycles. The monoisotopic (exact) mass is 184 g/mol. The van der Waals surface area contributed by atoms with Gasteiger partial charge in [-0.1, -0.05) is 26.2 Å². The Morgan fingerprint density at radius 3 is 2.77 bits per heavy atom. The number of amides is 1. The molecule has 13 heavy (non-hydrogen) atoms. The molecular weight excluding hydrogens is 164 g/mol. The van der Waals surface area contributed by atoms with Crippen LogP contribution in [0.2, 0.25) is 0 Å². The summed E-state index contributed by atoms with van der Waals surface area (Å²) in [5, 5.41) is 3.14. The highest BCUT2D eigenvalue weighted by atomic mass is 16.2. The first kappa shape index (κ1) is 10.5. The van der Waals surface area contributed by atoms with Crippen LogP contribution < -0.4 is 5.32 Å². The standard InChI is InChI=1S/C10H20N2O/c1-3-4-5-6-7-12-9(2)11-8-10(12)13/h9,11H,3-8H2,1-2H3. The number of rotatable bonds is 5. The molecule has 1 atom stereocenters. The van der Waals surface area contributed by atoms with Crippen molar-refractivity contribution < 1.29 is 4.79 Å². The predicted molar refractivity (Wildman–Crippen MR) is 53.3 cm³/mol. The summed E-state index contributed by atoms with van der Waals surface area (Å²) in [6.45, 7) is 5.69. The number of nitrogens with one attached hydrogen (secondary N) is 1. The zero-order valence-electron chi connectivity index (χ0n) is 8.68. The van der Waals surface area contributed by atoms with Crippen LogP contribution in [0.5, 0.6) is 0 Å². The van der Waals surface area contributed by atoms with Gasteiger partial charge in [-0.15, -0.1) is 0 Å². The van der Waals surface area contributed by atoms with Gasteiger partial charge < -0.3 is 4.90 Å². The van der Waals surface area contributed by atoms with Gasteiger partial charge in [0.1, 0.15) is 0 Å². The summed E-state index contributed by atoms with van der Waals surface area (Å²) in [6.07, 6.45) is 5.17. The molecule has 0 aromatic heterocycles. The Morgan fingerprint density at radius 2 is 2.23 bits per heavy atom. The second kappa shape index (κ2) is 5.22. The van der Waals surface area contributed by atoms with Gasteiger partial charge >= 0.3 is 0 Å². The molecule has 1 aliphatic rings. The van der Waals surface area contributed by atoms with Gasteiger partial charge in [-0.05, 0) is 13.3 Å². The summed E-state index contributed by atoms with van der Waals surface area (Å²) in [5.41, 5.74) is 0. The largest absolute Gasteiger partial charge is 0.326 e. The second-order valence-corrected chi connectivity index (χ2v) is 3.70. The van der Waals surface area contributed by atoms with E-state index in [-0.39, 0.29) is 12.1 Å². The zero-order valence-corrected chi connectivity index (χ0v) is 8.68. The molecule has 0 bridgehead atoms. The van der Waals surface area contributed by atoms with Crippen LogP contribution in [-0.4, -0.2) is 30.1 Å². The van der Waals surface area contributed by atoms with Crippen LogP contribution in [0.25, 0.3) is 0 Å². The maximum atomic E-state index is 11.3. The van der Waals surface area contributed by atoms with E-state index in [4.69, 9.17) is 0 Å². The third-order valence-corrected chi connectivity index (χ3v) is 2.59. The van der Waals surface area contributed by atoms with Crippen molar-refractivity contribution in [2.75, 3.05) is 13.1 Å². The fourth-order valence-electron chi connectivity index (χ4n) is 1.69. The summed E-state index contributed by atoms with van der Waals surface area (Å²) in [5.74, 6) is 0.254. The number of carbonyl (C=O) groups is 1. The van der Waals surface area contributed by atoms with Crippen molar-refractivity contribution in [1.29, 1.82) is 0 Å². The lowest BCUT2D eigenvalue weighted by Gasteiger charge is -2.20. The van der Waals surface area contributed by atoms with Crippen LogP contribution in [0.1, 0.15) is 39.5 Å². The number of unbranched alkanes of at least 4 members (excludes halogenated alkanes) is 3. The summed E-state index contributed by atoms with van der Waals surface area (Å²) in [6, 6.07) is 0. The van der Waals surface area contributed by atoms with E-state index in [0.717, 1.165) is 13.0 Å². The topological polar surface area (TPSA) is 32.3 Å². The van der Waals surface area contributed by atoms with E-state index in [0.29, 0.717) is 6.54 Å². The second-order valence-electron chi connectivity index (χ2n) is 3.70. The van der Waals surface area contributed by atoms with Crippen LogP contribution in [0, 0.1) is 0 Å². The fourth-order valence-corrected chi connectivity index (χ4v) is 1.69. The molecule has 0 spiro atoms. The number of hydrogen-bond donors (Lipinski definition) is 1. The lowest BCUT2D eigenvalue weighted by molar-refractivity contribution is -0.127. The van der Waals surface area contributed by atoms with E-state index < -0.39 is 0 Å². The Balaban J connectivity index is 2.16. The Morgan fingerprint density at radius 1 is 1.46 bits per heavy atom. The van der Waals surface area contributed by atoms with Crippen molar-refractivity contribution in [1.82, 2.24) is 10.2 Å². The average molecular weight is 184 g/mol. The molecule has 3 heteroatoms. The normalized spacial score (nSPS) is 22.8. The Hall–Kier alpha value is -0.570. The minimum Gasteiger partial charge on any atom is -0.326 e. The molecule has 0 aromatic carbocycles. The number of hydrogen-bond acceptors (Lipinski definition) is 2. The first-order chi connectivity index (χ1) is 6.25. The lowest BCUT2D eigenvalue weighted by Crippen LogP contribution is -2.35. The van der Waals surface area contributed by atoms with E-state index in [1.54, 1.807) is 0 Å². The maximum absolute atomic E-state index is 11.3. The van der Waals surface area contributed by atoms with E-state index in [1.165, 1.54) is 19.3 Å². The maximum Gasteiger partial charge on any atom is 0.237 e. The Bertz CT molecular complexity index is 170. The van der Waals surface area contributed by atoms with E-state index in [2.05, 4.69) is 12.2 Å². The van der Waals surface area contributed by atoms with Gasteiger partial charge in [0.2, 0.25) is 5.91 Å². The van der Waals surface area contributed by atoms with E-state index in [1.807, 2.05) is 11.8 Å². The first-order valence-electron chi connectivity index (χ1n) is 5.28. The first-order valence-corrected chi connectivity index (χ1v) is 5.28. The third-order valence-electron chi connectivity index (χ3n) is 2.59. The van der Waals surface area contributed by atoms with Crippen LogP contribution in [0.15, 0.2) is 0 Å². The molecule has 1 fully saturated rings. The third kappa shape index (κ3) is 2.99. The molecular formula is C10H20N2O. The molecule has 0 aliphatic carbocycles. The van der Waals surface area contributed by atoms with Gasteiger partial charge in [0.25, 0.3) is 0 Å². The Labute approximate surface area is 80.5 Å². The van der Waals surface area contributed by atoms with Crippen molar-refractivity contribution in [3.63, 3.8) is 0 Å². The molecule has 1 rings (SSSR count). The molecule has 76 valence electrons. The highest BCUT2D eigenvalue weighted by molar-refractivity contribution is 5.80. The lowest BCUT2D eigenvalue weighted by atomic mass is 10.2. The molecule has 1 heterocycles. The molecule has 1 amide bonds. The molecule has 0 saturated carbocycles. The molecule has 0 aromatic rings. The SMILES string of the molecule is CCCCCCN1C(=O)CNC1C. The van der Waals surface area contributed by atoms with Gasteiger partial charge in [-0.25, -0.2) is 0 Å². The van der Waals surface area contributed by atoms with Gasteiger partial charge in [-0.3, -0.25) is 10.1 Å². The molecule has 1 aliphatic heterocycles. The van der Waals surface area contributed by atoms with Crippen LogP contribution in [0.3, 0.4) is 0 Å². The van der Waals surface area contributed by atoms with Gasteiger partial charge in [0.05, 0.1) is 12.7 Å². The van der Waals surface area contributed by atoms with Crippen molar-refractivity contribution in [3.05, 3.63) is 0 Å². The average Bonchev–Trinajstić information content (AvgIpc) is 2.42. The molecule has 3 nitrogen and oxygen atoms in total. The summed E-state index contributed by atoms with van der Waals surface area (Å²) in [4.78, 5) is 13.3. The molecule has 1 unspecified atom stereocenters. The van der Waals surface area contributed by atoms with E-state index >= 15 is 0 Å². The Kier molecular flexibility index (Phi) is 4.22. The zero-order chi connectivity index (χ0) is 9.68. The predicted octanol–water partition coefficient (Wildman–Crippen LogP) is 1.34. The van der Waals surface area contributed by atoms with Crippen LogP contribution in [0.4, 0.5) is 0 Å². The minimum atomic E-state index is 0.245.